The van der Waals surface area contributed by atoms with Crippen molar-refractivity contribution in [2.75, 3.05) is 72.8 Å². The largest absolute Gasteiger partial charge is 0.496 e. The molecule has 2 saturated heterocycles. The highest BCUT2D eigenvalue weighted by Gasteiger charge is 2.24. The van der Waals surface area contributed by atoms with Crippen LogP contribution in [0.1, 0.15) is 10.4 Å². The molecule has 0 spiro atoms. The Labute approximate surface area is 165 Å². The minimum atomic E-state index is -3.73. The molecule has 2 aliphatic heterocycles. The molecule has 156 valence electrons. The van der Waals surface area contributed by atoms with E-state index in [-0.39, 0.29) is 16.4 Å². The smallest absolute Gasteiger partial charge is 0.257 e. The van der Waals surface area contributed by atoms with Crippen LogP contribution in [0.4, 0.5) is 0 Å². The first kappa shape index (κ1) is 21.0. The molecule has 2 aliphatic rings. The van der Waals surface area contributed by atoms with E-state index in [1.807, 2.05) is 0 Å². The highest BCUT2D eigenvalue weighted by molar-refractivity contribution is 7.89. The van der Waals surface area contributed by atoms with Crippen LogP contribution >= 0.6 is 0 Å². The van der Waals surface area contributed by atoms with Gasteiger partial charge in [-0.1, -0.05) is 0 Å². The number of morpholine rings is 2. The van der Waals surface area contributed by atoms with Gasteiger partial charge in [0.2, 0.25) is 10.0 Å². The number of sulfonamides is 1. The molecule has 1 aromatic rings. The van der Waals surface area contributed by atoms with Crippen molar-refractivity contribution in [2.45, 2.75) is 4.90 Å². The third-order valence-corrected chi connectivity index (χ3v) is 6.29. The van der Waals surface area contributed by atoms with Crippen LogP contribution in [-0.2, 0) is 19.5 Å². The predicted molar refractivity (Wildman–Crippen MR) is 102 cm³/mol. The fourth-order valence-corrected chi connectivity index (χ4v) is 4.25. The van der Waals surface area contributed by atoms with E-state index in [1.54, 1.807) is 4.90 Å². The van der Waals surface area contributed by atoms with Crippen molar-refractivity contribution in [3.05, 3.63) is 23.8 Å². The van der Waals surface area contributed by atoms with Gasteiger partial charge in [0.05, 0.1) is 44.0 Å². The number of nitrogens with zero attached hydrogens (tertiary/aromatic N) is 2. The topological polar surface area (TPSA) is 97.4 Å². The van der Waals surface area contributed by atoms with Crippen LogP contribution in [0.15, 0.2) is 23.1 Å². The number of ether oxygens (including phenoxy) is 3. The quantitative estimate of drug-likeness (QED) is 0.660. The molecule has 1 amide bonds. The molecule has 0 unspecified atom stereocenters. The summed E-state index contributed by atoms with van der Waals surface area (Å²) in [7, 11) is -2.27. The highest BCUT2D eigenvalue weighted by atomic mass is 32.2. The number of amides is 1. The molecule has 2 heterocycles. The minimum absolute atomic E-state index is 0.0480. The van der Waals surface area contributed by atoms with Crippen LogP contribution in [0.3, 0.4) is 0 Å². The molecule has 1 aromatic carbocycles. The van der Waals surface area contributed by atoms with Crippen LogP contribution < -0.4 is 9.46 Å². The van der Waals surface area contributed by atoms with Crippen molar-refractivity contribution in [2.24, 2.45) is 0 Å². The molecule has 0 radical (unpaired) electrons. The van der Waals surface area contributed by atoms with Gasteiger partial charge in [0.15, 0.2) is 0 Å². The van der Waals surface area contributed by atoms with E-state index in [9.17, 15) is 13.2 Å². The summed E-state index contributed by atoms with van der Waals surface area (Å²) in [4.78, 5) is 16.7. The first-order chi connectivity index (χ1) is 13.5. The molecular formula is C18H27N3O6S. The molecule has 0 atom stereocenters. The predicted octanol–water partition coefficient (Wildman–Crippen LogP) is -0.222. The number of carbonyl (C=O) groups excluding carboxylic acids is 1. The second kappa shape index (κ2) is 9.66. The summed E-state index contributed by atoms with van der Waals surface area (Å²) in [6.45, 7) is 5.69. The second-order valence-electron chi connectivity index (χ2n) is 6.62. The van der Waals surface area contributed by atoms with Gasteiger partial charge in [0, 0.05) is 39.3 Å². The average molecular weight is 413 g/mol. The molecular weight excluding hydrogens is 386 g/mol. The number of nitrogens with one attached hydrogen (secondary N) is 1. The molecule has 0 saturated carbocycles. The highest BCUT2D eigenvalue weighted by Crippen LogP contribution is 2.24. The molecule has 0 aromatic heterocycles. The van der Waals surface area contributed by atoms with E-state index in [1.165, 1.54) is 25.3 Å². The summed E-state index contributed by atoms with van der Waals surface area (Å²) in [5.74, 6) is 0.0919. The molecule has 3 rings (SSSR count). The fraction of sp³-hybridized carbons (Fsp3) is 0.611. The first-order valence-corrected chi connectivity index (χ1v) is 10.8. The van der Waals surface area contributed by atoms with Crippen LogP contribution in [-0.4, -0.2) is 96.9 Å². The lowest BCUT2D eigenvalue weighted by Gasteiger charge is -2.27. The van der Waals surface area contributed by atoms with Crippen molar-refractivity contribution in [3.8, 4) is 5.75 Å². The SMILES string of the molecule is COc1ccc(S(=O)(=O)NCCN2CCOCC2)cc1C(=O)N1CCOCC1. The second-order valence-corrected chi connectivity index (χ2v) is 8.39. The van der Waals surface area contributed by atoms with E-state index < -0.39 is 10.0 Å². The minimum Gasteiger partial charge on any atom is -0.496 e. The van der Waals surface area contributed by atoms with Gasteiger partial charge in [-0.15, -0.1) is 0 Å². The van der Waals surface area contributed by atoms with Crippen LogP contribution in [0.2, 0.25) is 0 Å². The summed E-state index contributed by atoms with van der Waals surface area (Å²) in [6, 6.07) is 4.35. The summed E-state index contributed by atoms with van der Waals surface area (Å²) in [5.41, 5.74) is 0.237. The van der Waals surface area contributed by atoms with Crippen molar-refractivity contribution >= 4 is 15.9 Å². The maximum Gasteiger partial charge on any atom is 0.257 e. The Kier molecular flexibility index (Phi) is 7.24. The zero-order chi connectivity index (χ0) is 20.0. The molecule has 9 nitrogen and oxygen atoms in total. The molecule has 0 aliphatic carbocycles. The Morgan fingerprint density at radius 1 is 1.11 bits per heavy atom. The van der Waals surface area contributed by atoms with Crippen LogP contribution in [0.25, 0.3) is 0 Å². The van der Waals surface area contributed by atoms with Gasteiger partial charge < -0.3 is 19.1 Å². The maximum absolute atomic E-state index is 12.8. The third kappa shape index (κ3) is 5.21. The molecule has 1 N–H and O–H groups in total. The molecule has 10 heteroatoms. The summed E-state index contributed by atoms with van der Waals surface area (Å²) < 4.78 is 43.8. The Morgan fingerprint density at radius 2 is 1.75 bits per heavy atom. The lowest BCUT2D eigenvalue weighted by molar-refractivity contribution is 0.0300. The number of carbonyl (C=O) groups is 1. The van der Waals surface area contributed by atoms with Crippen molar-refractivity contribution in [3.63, 3.8) is 0 Å². The summed E-state index contributed by atoms with van der Waals surface area (Å²) in [5, 5.41) is 0. The van der Waals surface area contributed by atoms with Gasteiger partial charge in [0.25, 0.3) is 5.91 Å². The Hall–Kier alpha value is -1.72. The Balaban J connectivity index is 1.70. The van der Waals surface area contributed by atoms with Gasteiger partial charge in [-0.2, -0.15) is 0 Å². The third-order valence-electron chi connectivity index (χ3n) is 4.83. The lowest BCUT2D eigenvalue weighted by atomic mass is 10.1. The molecule has 28 heavy (non-hydrogen) atoms. The normalized spacial score (nSPS) is 18.8. The Bertz CT molecular complexity index is 774. The van der Waals surface area contributed by atoms with Crippen LogP contribution in [0, 0.1) is 0 Å². The van der Waals surface area contributed by atoms with E-state index in [0.717, 1.165) is 13.1 Å². The fourth-order valence-electron chi connectivity index (χ4n) is 3.20. The van der Waals surface area contributed by atoms with Gasteiger partial charge in [-0.05, 0) is 18.2 Å². The van der Waals surface area contributed by atoms with Gasteiger partial charge in [-0.3, -0.25) is 9.69 Å². The number of hydrogen-bond donors (Lipinski definition) is 1. The molecule has 2 fully saturated rings. The standard InChI is InChI=1S/C18H27N3O6S/c1-25-17-3-2-15(14-16(17)18(22)21-8-12-27-13-9-21)28(23,24)19-4-5-20-6-10-26-11-7-20/h2-3,14,19H,4-13H2,1H3. The van der Waals surface area contributed by atoms with Gasteiger partial charge >= 0.3 is 0 Å². The van der Waals surface area contributed by atoms with E-state index in [4.69, 9.17) is 14.2 Å². The number of methoxy groups -OCH3 is 1. The molecule has 0 bridgehead atoms. The van der Waals surface area contributed by atoms with Gasteiger partial charge in [0.1, 0.15) is 5.75 Å². The van der Waals surface area contributed by atoms with Crippen molar-refractivity contribution in [1.82, 2.24) is 14.5 Å². The first-order valence-electron chi connectivity index (χ1n) is 9.36. The van der Waals surface area contributed by atoms with E-state index >= 15 is 0 Å². The summed E-state index contributed by atoms with van der Waals surface area (Å²) in [6.07, 6.45) is 0. The lowest BCUT2D eigenvalue weighted by Crippen LogP contribution is -2.41. The van der Waals surface area contributed by atoms with Crippen molar-refractivity contribution in [1.29, 1.82) is 0 Å². The maximum atomic E-state index is 12.8. The Morgan fingerprint density at radius 3 is 2.39 bits per heavy atom. The van der Waals surface area contributed by atoms with Crippen LogP contribution in [0.5, 0.6) is 5.75 Å². The zero-order valence-corrected chi connectivity index (χ0v) is 16.9. The average Bonchev–Trinajstić information content (AvgIpc) is 2.74. The van der Waals surface area contributed by atoms with Crippen molar-refractivity contribution < 1.29 is 27.4 Å². The number of hydrogen-bond acceptors (Lipinski definition) is 7. The van der Waals surface area contributed by atoms with E-state index in [2.05, 4.69) is 9.62 Å². The number of rotatable bonds is 7. The van der Waals surface area contributed by atoms with Gasteiger partial charge in [-0.25, -0.2) is 13.1 Å². The van der Waals surface area contributed by atoms with E-state index in [0.29, 0.717) is 58.4 Å². The zero-order valence-electron chi connectivity index (χ0n) is 16.1. The monoisotopic (exact) mass is 413 g/mol. The summed E-state index contributed by atoms with van der Waals surface area (Å²) >= 11 is 0. The number of benzene rings is 1.